The molecule has 0 aliphatic heterocycles. The van der Waals surface area contributed by atoms with Gasteiger partial charge in [-0.05, 0) is 96.3 Å². The van der Waals surface area contributed by atoms with E-state index in [-0.39, 0.29) is 31.1 Å². The average molecular weight is 1080 g/mol. The first-order valence-corrected chi connectivity index (χ1v) is 34.1. The van der Waals surface area contributed by atoms with Crippen LogP contribution in [-0.2, 0) is 28.6 Å². The van der Waals surface area contributed by atoms with Crippen molar-refractivity contribution in [3.63, 3.8) is 0 Å². The van der Waals surface area contributed by atoms with E-state index in [0.29, 0.717) is 19.3 Å². The zero-order chi connectivity index (χ0) is 55.7. The Morgan fingerprint density at radius 1 is 0.260 bits per heavy atom. The molecule has 0 aliphatic carbocycles. The molecule has 6 nitrogen and oxygen atoms in total. The second kappa shape index (κ2) is 65.9. The highest BCUT2D eigenvalue weighted by atomic mass is 16.6. The Balaban J connectivity index is 4.21. The fraction of sp³-hybridized carbons (Fsp3) is 0.845. The van der Waals surface area contributed by atoms with E-state index in [9.17, 15) is 14.4 Å². The Morgan fingerprint density at radius 2 is 0.481 bits per heavy atom. The molecule has 0 amide bonds. The van der Waals surface area contributed by atoms with Crippen LogP contribution in [0.5, 0.6) is 0 Å². The van der Waals surface area contributed by atoms with Gasteiger partial charge in [0, 0.05) is 19.3 Å². The van der Waals surface area contributed by atoms with Gasteiger partial charge in [-0.25, -0.2) is 0 Å². The molecule has 0 aliphatic rings. The molecule has 77 heavy (non-hydrogen) atoms. The van der Waals surface area contributed by atoms with Gasteiger partial charge in [0.1, 0.15) is 13.2 Å². The van der Waals surface area contributed by atoms with Gasteiger partial charge < -0.3 is 14.2 Å². The summed E-state index contributed by atoms with van der Waals surface area (Å²) >= 11 is 0. The van der Waals surface area contributed by atoms with Gasteiger partial charge in [-0.15, -0.1) is 0 Å². The van der Waals surface area contributed by atoms with Crippen LogP contribution in [0.4, 0.5) is 0 Å². The first-order valence-electron chi connectivity index (χ1n) is 34.1. The fourth-order valence-electron chi connectivity index (χ4n) is 10.1. The van der Waals surface area contributed by atoms with Crippen LogP contribution in [0.3, 0.4) is 0 Å². The maximum absolute atomic E-state index is 12.9. The number of esters is 3. The highest BCUT2D eigenvalue weighted by Gasteiger charge is 2.19. The lowest BCUT2D eigenvalue weighted by atomic mass is 10.0. The molecule has 0 aromatic heterocycles. The molecular formula is C71H130O6. The van der Waals surface area contributed by atoms with Crippen LogP contribution in [0.15, 0.2) is 48.6 Å². The van der Waals surface area contributed by atoms with E-state index in [4.69, 9.17) is 14.2 Å². The van der Waals surface area contributed by atoms with Gasteiger partial charge in [-0.1, -0.05) is 301 Å². The molecular weight excluding hydrogens is 949 g/mol. The number of rotatable bonds is 63. The van der Waals surface area contributed by atoms with E-state index in [2.05, 4.69) is 69.4 Å². The minimum atomic E-state index is -0.777. The van der Waals surface area contributed by atoms with Crippen molar-refractivity contribution in [2.45, 2.75) is 374 Å². The number of allylic oxidation sites excluding steroid dienone is 8. The predicted molar refractivity (Wildman–Crippen MR) is 335 cm³/mol. The Morgan fingerprint density at radius 3 is 0.766 bits per heavy atom. The standard InChI is InChI=1S/C71H130O6/c1-4-7-10-13-16-19-22-24-26-28-30-32-34-35-37-38-40-42-44-46-49-52-55-58-61-64-70(73)76-67-68(66-75-69(72)63-60-57-54-51-48-21-18-15-12-9-6-3)77-71(74)65-62-59-56-53-50-47-45-43-41-39-36-33-31-29-27-25-23-20-17-14-11-8-5-2/h15,18,22,24,28-31,68H,4-14,16-17,19-21,23,25-27,32-67H2,1-3H3/b18-15-,24-22-,30-28-,31-29-. The molecule has 0 spiro atoms. The van der Waals surface area contributed by atoms with E-state index >= 15 is 0 Å². The highest BCUT2D eigenvalue weighted by molar-refractivity contribution is 5.71. The van der Waals surface area contributed by atoms with E-state index in [1.807, 2.05) is 0 Å². The second-order valence-corrected chi connectivity index (χ2v) is 23.1. The quantitative estimate of drug-likeness (QED) is 0.0261. The van der Waals surface area contributed by atoms with Crippen molar-refractivity contribution in [3.05, 3.63) is 48.6 Å². The summed E-state index contributed by atoms with van der Waals surface area (Å²) in [5.41, 5.74) is 0. The van der Waals surface area contributed by atoms with Crippen LogP contribution in [-0.4, -0.2) is 37.2 Å². The summed E-state index contributed by atoms with van der Waals surface area (Å²) in [5, 5.41) is 0. The van der Waals surface area contributed by atoms with Gasteiger partial charge in [0.25, 0.3) is 0 Å². The smallest absolute Gasteiger partial charge is 0.306 e. The molecule has 0 saturated heterocycles. The summed E-state index contributed by atoms with van der Waals surface area (Å²) in [7, 11) is 0. The lowest BCUT2D eigenvalue weighted by Crippen LogP contribution is -2.30. The third-order valence-corrected chi connectivity index (χ3v) is 15.3. The molecule has 0 aromatic rings. The molecule has 0 fully saturated rings. The van der Waals surface area contributed by atoms with Gasteiger partial charge in [0.15, 0.2) is 6.10 Å². The molecule has 0 rings (SSSR count). The lowest BCUT2D eigenvalue weighted by Gasteiger charge is -2.18. The van der Waals surface area contributed by atoms with E-state index in [0.717, 1.165) is 70.6 Å². The van der Waals surface area contributed by atoms with Crippen molar-refractivity contribution >= 4 is 17.9 Å². The van der Waals surface area contributed by atoms with Crippen molar-refractivity contribution in [1.29, 1.82) is 0 Å². The summed E-state index contributed by atoms with van der Waals surface area (Å²) in [6, 6.07) is 0. The van der Waals surface area contributed by atoms with Crippen LogP contribution >= 0.6 is 0 Å². The van der Waals surface area contributed by atoms with Crippen molar-refractivity contribution in [3.8, 4) is 0 Å². The second-order valence-electron chi connectivity index (χ2n) is 23.1. The van der Waals surface area contributed by atoms with Gasteiger partial charge in [-0.3, -0.25) is 14.4 Å². The molecule has 450 valence electrons. The molecule has 0 aromatic carbocycles. The van der Waals surface area contributed by atoms with E-state index < -0.39 is 6.10 Å². The zero-order valence-electron chi connectivity index (χ0n) is 51.7. The topological polar surface area (TPSA) is 78.9 Å². The van der Waals surface area contributed by atoms with Crippen molar-refractivity contribution in [2.24, 2.45) is 0 Å². The summed E-state index contributed by atoms with van der Waals surface area (Å²) in [6.45, 7) is 6.64. The molecule has 0 saturated carbocycles. The number of hydrogen-bond acceptors (Lipinski definition) is 6. The number of unbranched alkanes of at least 4 members (excludes halogenated alkanes) is 44. The van der Waals surface area contributed by atoms with Crippen molar-refractivity contribution in [1.82, 2.24) is 0 Å². The summed E-state index contributed by atoms with van der Waals surface area (Å²) < 4.78 is 16.9. The summed E-state index contributed by atoms with van der Waals surface area (Å²) in [4.78, 5) is 38.3. The van der Waals surface area contributed by atoms with Crippen LogP contribution in [0.2, 0.25) is 0 Å². The van der Waals surface area contributed by atoms with Gasteiger partial charge in [-0.2, -0.15) is 0 Å². The van der Waals surface area contributed by atoms with Crippen LogP contribution in [0, 0.1) is 0 Å². The molecule has 1 atom stereocenters. The molecule has 0 radical (unpaired) electrons. The predicted octanol–water partition coefficient (Wildman–Crippen LogP) is 23.3. The Kier molecular flexibility index (Phi) is 63.6. The van der Waals surface area contributed by atoms with Gasteiger partial charge in [0.05, 0.1) is 0 Å². The molecule has 6 heteroatoms. The molecule has 0 bridgehead atoms. The maximum atomic E-state index is 12.9. The number of carbonyl (C=O) groups excluding carboxylic acids is 3. The lowest BCUT2D eigenvalue weighted by molar-refractivity contribution is -0.167. The van der Waals surface area contributed by atoms with Crippen molar-refractivity contribution < 1.29 is 28.6 Å². The fourth-order valence-corrected chi connectivity index (χ4v) is 10.1. The normalized spacial score (nSPS) is 12.3. The largest absolute Gasteiger partial charge is 0.462 e. The van der Waals surface area contributed by atoms with Gasteiger partial charge in [0.2, 0.25) is 0 Å². The number of hydrogen-bond donors (Lipinski definition) is 0. The maximum Gasteiger partial charge on any atom is 0.306 e. The van der Waals surface area contributed by atoms with E-state index in [1.54, 1.807) is 0 Å². The minimum Gasteiger partial charge on any atom is -0.462 e. The third-order valence-electron chi connectivity index (χ3n) is 15.3. The molecule has 0 N–H and O–H groups in total. The van der Waals surface area contributed by atoms with Crippen molar-refractivity contribution in [2.75, 3.05) is 13.2 Å². The number of carbonyl (C=O) groups is 3. The zero-order valence-corrected chi connectivity index (χ0v) is 51.7. The SMILES string of the molecule is CCCC/C=C\CCCCCCCC(=O)OCC(COC(=O)CCCCCCCCCCCCCCC/C=C\C/C=C\CCCCCCC)OC(=O)CCCCCCCCCCCCC/C=C\CCCCCCCCCC. The van der Waals surface area contributed by atoms with Gasteiger partial charge >= 0.3 is 17.9 Å². The number of ether oxygens (including phenoxy) is 3. The average Bonchev–Trinajstić information content (AvgIpc) is 3.43. The molecule has 0 heterocycles. The Hall–Kier alpha value is -2.63. The Labute approximate surface area is 479 Å². The highest BCUT2D eigenvalue weighted by Crippen LogP contribution is 2.17. The van der Waals surface area contributed by atoms with Crippen LogP contribution in [0.1, 0.15) is 367 Å². The third kappa shape index (κ3) is 64.1. The first kappa shape index (κ1) is 74.4. The molecule has 1 unspecified atom stereocenters. The summed E-state index contributed by atoms with van der Waals surface area (Å²) in [5.74, 6) is -0.864. The Bertz CT molecular complexity index is 1330. The monoisotopic (exact) mass is 1080 g/mol. The first-order chi connectivity index (χ1) is 38.0. The van der Waals surface area contributed by atoms with Crippen LogP contribution < -0.4 is 0 Å². The van der Waals surface area contributed by atoms with E-state index in [1.165, 1.54) is 257 Å². The minimum absolute atomic E-state index is 0.0734. The van der Waals surface area contributed by atoms with Crippen LogP contribution in [0.25, 0.3) is 0 Å². The summed E-state index contributed by atoms with van der Waals surface area (Å²) in [6.07, 6.45) is 82.8.